The van der Waals surface area contributed by atoms with Crippen molar-refractivity contribution in [2.24, 2.45) is 0 Å². The average molecular weight is 327 g/mol. The van der Waals surface area contributed by atoms with Crippen LogP contribution >= 0.6 is 11.3 Å². The van der Waals surface area contributed by atoms with Crippen molar-refractivity contribution in [3.63, 3.8) is 0 Å². The van der Waals surface area contributed by atoms with Gasteiger partial charge in [-0.05, 0) is 44.8 Å². The highest BCUT2D eigenvalue weighted by molar-refractivity contribution is 7.22. The molecule has 0 bridgehead atoms. The molecule has 2 fully saturated rings. The normalized spacial score (nSPS) is 20.7. The predicted molar refractivity (Wildman–Crippen MR) is 94.3 cm³/mol. The second-order valence-electron chi connectivity index (χ2n) is 6.44. The van der Waals surface area contributed by atoms with Crippen molar-refractivity contribution in [2.75, 3.05) is 31.1 Å². The lowest BCUT2D eigenvalue weighted by molar-refractivity contribution is 0.141. The first-order valence-corrected chi connectivity index (χ1v) is 9.28. The highest BCUT2D eigenvalue weighted by atomic mass is 32.1. The quantitative estimate of drug-likeness (QED) is 0.788. The van der Waals surface area contributed by atoms with E-state index in [-0.39, 0.29) is 0 Å². The molecule has 0 unspecified atom stereocenters. The molecule has 6 heteroatoms. The highest BCUT2D eigenvalue weighted by Crippen LogP contribution is 2.32. The van der Waals surface area contributed by atoms with Crippen LogP contribution in [-0.2, 0) is 0 Å². The molecule has 0 atom stereocenters. The number of likely N-dealkylation sites (tertiary alicyclic amines) is 1. The maximum absolute atomic E-state index is 7.10. The molecular weight excluding hydrogens is 306 g/mol. The Morgan fingerprint density at radius 2 is 1.91 bits per heavy atom. The number of pyridine rings is 1. The Bertz CT molecular complexity index is 720. The van der Waals surface area contributed by atoms with E-state index in [1.165, 1.54) is 45.2 Å². The van der Waals surface area contributed by atoms with E-state index in [1.807, 2.05) is 6.07 Å². The Morgan fingerprint density at radius 1 is 1.13 bits per heavy atom. The smallest absolute Gasteiger partial charge is 0.206 e. The molecule has 0 radical (unpaired) electrons. The van der Waals surface area contributed by atoms with Crippen LogP contribution in [0.1, 0.15) is 32.1 Å². The molecular formula is C17H21N5S. The number of nitrogens with zero attached hydrogens (tertiary/aromatic N) is 5. The van der Waals surface area contributed by atoms with Crippen molar-refractivity contribution in [2.45, 2.75) is 38.1 Å². The third kappa shape index (κ3) is 3.04. The molecule has 0 aliphatic carbocycles. The molecule has 0 spiro atoms. The zero-order valence-corrected chi connectivity index (χ0v) is 14.1. The lowest BCUT2D eigenvalue weighted by atomic mass is 10.0. The van der Waals surface area contributed by atoms with Gasteiger partial charge in [0, 0.05) is 25.3 Å². The summed E-state index contributed by atoms with van der Waals surface area (Å²) in [5, 5.41) is 1.06. The lowest BCUT2D eigenvalue weighted by Crippen LogP contribution is -2.46. The number of piperidine rings is 2. The van der Waals surface area contributed by atoms with Gasteiger partial charge in [-0.3, -0.25) is 0 Å². The van der Waals surface area contributed by atoms with E-state index < -0.39 is 0 Å². The molecule has 5 nitrogen and oxygen atoms in total. The van der Waals surface area contributed by atoms with Gasteiger partial charge in [-0.15, -0.1) is 0 Å². The van der Waals surface area contributed by atoms with Gasteiger partial charge >= 0.3 is 0 Å². The summed E-state index contributed by atoms with van der Waals surface area (Å²) >= 11 is 1.67. The van der Waals surface area contributed by atoms with Gasteiger partial charge in [0.25, 0.3) is 0 Å². The first-order chi connectivity index (χ1) is 11.3. The van der Waals surface area contributed by atoms with Crippen molar-refractivity contribution in [3.8, 4) is 0 Å². The summed E-state index contributed by atoms with van der Waals surface area (Å²) in [6.45, 7) is 11.8. The van der Waals surface area contributed by atoms with Gasteiger partial charge in [0.15, 0.2) is 10.8 Å². The predicted octanol–water partition coefficient (Wildman–Crippen LogP) is 3.70. The van der Waals surface area contributed by atoms with E-state index >= 15 is 0 Å². The van der Waals surface area contributed by atoms with Crippen molar-refractivity contribution < 1.29 is 0 Å². The van der Waals surface area contributed by atoms with Gasteiger partial charge in [0.05, 0.1) is 11.3 Å². The summed E-state index contributed by atoms with van der Waals surface area (Å²) in [6.07, 6.45) is 8.22. The van der Waals surface area contributed by atoms with Crippen LogP contribution in [0, 0.1) is 6.57 Å². The number of rotatable bonds is 2. The Hall–Kier alpha value is -1.71. The first kappa shape index (κ1) is 14.9. The van der Waals surface area contributed by atoms with Crippen molar-refractivity contribution in [1.29, 1.82) is 0 Å². The van der Waals surface area contributed by atoms with Crippen molar-refractivity contribution >= 4 is 32.5 Å². The molecule has 2 aromatic heterocycles. The number of hydrogen-bond donors (Lipinski definition) is 0. The Labute approximate surface area is 140 Å². The molecule has 0 amide bonds. The van der Waals surface area contributed by atoms with E-state index in [2.05, 4.69) is 24.6 Å². The Balaban J connectivity index is 1.44. The zero-order valence-electron chi connectivity index (χ0n) is 13.2. The largest absolute Gasteiger partial charge is 0.348 e. The van der Waals surface area contributed by atoms with Crippen LogP contribution in [0.5, 0.6) is 0 Å². The molecule has 2 saturated heterocycles. The fraction of sp³-hybridized carbons (Fsp3) is 0.588. The van der Waals surface area contributed by atoms with Gasteiger partial charge in [-0.25, -0.2) is 14.8 Å². The summed E-state index contributed by atoms with van der Waals surface area (Å²) in [7, 11) is 0. The van der Waals surface area contributed by atoms with Crippen molar-refractivity contribution in [3.05, 3.63) is 23.7 Å². The molecule has 0 N–H and O–H groups in total. The number of anilines is 1. The second-order valence-corrected chi connectivity index (χ2v) is 7.45. The van der Waals surface area contributed by atoms with Crippen LogP contribution in [0.15, 0.2) is 12.3 Å². The summed E-state index contributed by atoms with van der Waals surface area (Å²) in [5.74, 6) is 0. The minimum atomic E-state index is 0.594. The molecule has 2 aromatic rings. The Kier molecular flexibility index (Phi) is 4.15. The van der Waals surface area contributed by atoms with E-state index in [0.717, 1.165) is 34.6 Å². The molecule has 4 heterocycles. The van der Waals surface area contributed by atoms with E-state index in [9.17, 15) is 0 Å². The molecule has 4 rings (SSSR count). The third-order valence-corrected chi connectivity index (χ3v) is 6.04. The highest BCUT2D eigenvalue weighted by Gasteiger charge is 2.26. The summed E-state index contributed by atoms with van der Waals surface area (Å²) in [4.78, 5) is 17.5. The van der Waals surface area contributed by atoms with Gasteiger partial charge in [-0.2, -0.15) is 0 Å². The number of aromatic nitrogens is 2. The van der Waals surface area contributed by atoms with Gasteiger partial charge in [0.1, 0.15) is 0 Å². The first-order valence-electron chi connectivity index (χ1n) is 8.46. The molecule has 2 aliphatic heterocycles. The van der Waals surface area contributed by atoms with E-state index in [1.54, 1.807) is 17.5 Å². The van der Waals surface area contributed by atoms with Crippen LogP contribution in [0.4, 0.5) is 10.8 Å². The minimum Gasteiger partial charge on any atom is -0.348 e. The minimum absolute atomic E-state index is 0.594. The van der Waals surface area contributed by atoms with Gasteiger partial charge in [-0.1, -0.05) is 17.8 Å². The summed E-state index contributed by atoms with van der Waals surface area (Å²) in [6, 6.07) is 2.66. The lowest BCUT2D eigenvalue weighted by Gasteiger charge is -2.40. The standard InChI is InChI=1S/C17H21N5S/c1-18-13-11-15-16(19-12-13)20-17(23-15)22-9-5-14(6-10-22)21-7-3-2-4-8-21/h11-12,14H,2-10H2. The molecule has 120 valence electrons. The molecule has 0 saturated carbocycles. The van der Waals surface area contributed by atoms with Crippen LogP contribution < -0.4 is 4.90 Å². The van der Waals surface area contributed by atoms with E-state index in [0.29, 0.717) is 5.69 Å². The van der Waals surface area contributed by atoms with Crippen LogP contribution in [0.25, 0.3) is 15.2 Å². The fourth-order valence-electron chi connectivity index (χ4n) is 3.70. The monoisotopic (exact) mass is 327 g/mol. The summed E-state index contributed by atoms with van der Waals surface area (Å²) in [5.41, 5.74) is 1.37. The van der Waals surface area contributed by atoms with Crippen molar-refractivity contribution in [1.82, 2.24) is 14.9 Å². The molecule has 23 heavy (non-hydrogen) atoms. The number of thiazole rings is 1. The molecule has 2 aliphatic rings. The average Bonchev–Trinajstić information content (AvgIpc) is 3.05. The fourth-order valence-corrected chi connectivity index (χ4v) is 4.71. The molecule has 0 aromatic carbocycles. The van der Waals surface area contributed by atoms with Crippen LogP contribution in [0.2, 0.25) is 0 Å². The van der Waals surface area contributed by atoms with Gasteiger partial charge < -0.3 is 9.80 Å². The van der Waals surface area contributed by atoms with Gasteiger partial charge in [0.2, 0.25) is 5.69 Å². The zero-order chi connectivity index (χ0) is 15.6. The topological polar surface area (TPSA) is 36.6 Å². The second kappa shape index (κ2) is 6.42. The maximum atomic E-state index is 7.10. The number of hydrogen-bond acceptors (Lipinski definition) is 5. The van der Waals surface area contributed by atoms with Crippen LogP contribution in [0.3, 0.4) is 0 Å². The summed E-state index contributed by atoms with van der Waals surface area (Å²) < 4.78 is 1.02. The Morgan fingerprint density at radius 3 is 2.65 bits per heavy atom. The van der Waals surface area contributed by atoms with E-state index in [4.69, 9.17) is 6.57 Å². The number of fused-ring (bicyclic) bond motifs is 1. The SMILES string of the molecule is [C-]#[N+]c1cnc2nc(N3CCC(N4CCCCC4)CC3)sc2c1. The van der Waals surface area contributed by atoms with Crippen LogP contribution in [-0.4, -0.2) is 47.1 Å². The third-order valence-electron chi connectivity index (χ3n) is 4.99. The maximum Gasteiger partial charge on any atom is 0.206 e.